The van der Waals surface area contributed by atoms with Crippen LogP contribution in [0.15, 0.2) is 42.7 Å². The van der Waals surface area contributed by atoms with Crippen molar-refractivity contribution in [1.29, 1.82) is 0 Å². The fourth-order valence-corrected chi connectivity index (χ4v) is 3.30. The van der Waals surface area contributed by atoms with Gasteiger partial charge >= 0.3 is 0 Å². The maximum atomic E-state index is 13.0. The van der Waals surface area contributed by atoms with E-state index in [1.165, 1.54) is 0 Å². The molecular weight excluding hydrogens is 332 g/mol. The van der Waals surface area contributed by atoms with Gasteiger partial charge in [-0.3, -0.25) is 9.48 Å². The first kappa shape index (κ1) is 18.3. The first-order chi connectivity index (χ1) is 12.7. The van der Waals surface area contributed by atoms with E-state index in [0.717, 1.165) is 13.1 Å². The van der Waals surface area contributed by atoms with Crippen molar-refractivity contribution in [2.45, 2.75) is 31.4 Å². The highest BCUT2D eigenvalue weighted by molar-refractivity contribution is 5.84. The van der Waals surface area contributed by atoms with Gasteiger partial charge in [0.2, 0.25) is 5.91 Å². The molecule has 7 heteroatoms. The number of nitrogens with one attached hydrogen (secondary N) is 2. The van der Waals surface area contributed by atoms with Crippen LogP contribution in [-0.2, 0) is 10.3 Å². The molecule has 0 saturated carbocycles. The molecule has 7 nitrogen and oxygen atoms in total. The molecule has 0 bridgehead atoms. The fourth-order valence-electron chi connectivity index (χ4n) is 3.30. The first-order valence-electron chi connectivity index (χ1n) is 8.94. The number of aromatic nitrogens is 2. The lowest BCUT2D eigenvalue weighted by Crippen LogP contribution is -2.55. The molecule has 2 heterocycles. The van der Waals surface area contributed by atoms with Gasteiger partial charge in [-0.25, -0.2) is 0 Å². The van der Waals surface area contributed by atoms with E-state index in [1.54, 1.807) is 18.0 Å². The second-order valence-electron chi connectivity index (χ2n) is 6.52. The van der Waals surface area contributed by atoms with E-state index in [9.17, 15) is 4.79 Å². The van der Waals surface area contributed by atoms with Crippen LogP contribution in [0, 0.1) is 0 Å². The number of hydrogen-bond donors (Lipinski definition) is 2. The standard InChI is InChI=1S/C19H26N4O3/c1-15(26-17-7-4-3-6-16(17)25-2)14-21-18(24)19(8-11-20-12-9-19)23-13-5-10-22-23/h3-7,10,13,15,20H,8-9,11-12,14H2,1-2H3,(H,21,24). The summed E-state index contributed by atoms with van der Waals surface area (Å²) in [5.74, 6) is 1.33. The summed E-state index contributed by atoms with van der Waals surface area (Å²) in [6.07, 6.45) is 4.81. The van der Waals surface area contributed by atoms with Gasteiger partial charge in [0.15, 0.2) is 11.5 Å². The SMILES string of the molecule is COc1ccccc1OC(C)CNC(=O)C1(n2cccn2)CCNCC1. The number of para-hydroxylation sites is 2. The molecule has 1 aromatic carbocycles. The van der Waals surface area contributed by atoms with Crippen molar-refractivity contribution in [2.24, 2.45) is 0 Å². The second kappa shape index (κ2) is 8.23. The molecule has 0 radical (unpaired) electrons. The smallest absolute Gasteiger partial charge is 0.248 e. The van der Waals surface area contributed by atoms with Gasteiger partial charge in [0.05, 0.1) is 13.7 Å². The first-order valence-corrected chi connectivity index (χ1v) is 8.94. The van der Waals surface area contributed by atoms with Gasteiger partial charge < -0.3 is 20.1 Å². The van der Waals surface area contributed by atoms with Gasteiger partial charge in [-0.1, -0.05) is 12.1 Å². The second-order valence-corrected chi connectivity index (χ2v) is 6.52. The van der Waals surface area contributed by atoms with Gasteiger partial charge in [0.25, 0.3) is 0 Å². The number of piperidine rings is 1. The number of amides is 1. The Balaban J connectivity index is 1.63. The Labute approximate surface area is 153 Å². The molecule has 1 unspecified atom stereocenters. The summed E-state index contributed by atoms with van der Waals surface area (Å²) in [5.41, 5.74) is -0.640. The summed E-state index contributed by atoms with van der Waals surface area (Å²) in [6, 6.07) is 9.34. The Morgan fingerprint density at radius 2 is 2.04 bits per heavy atom. The summed E-state index contributed by atoms with van der Waals surface area (Å²) < 4.78 is 13.0. The summed E-state index contributed by atoms with van der Waals surface area (Å²) >= 11 is 0. The Kier molecular flexibility index (Phi) is 5.78. The van der Waals surface area contributed by atoms with Crippen molar-refractivity contribution in [1.82, 2.24) is 20.4 Å². The highest BCUT2D eigenvalue weighted by Gasteiger charge is 2.41. The number of ether oxygens (including phenoxy) is 2. The number of benzene rings is 1. The molecule has 140 valence electrons. The van der Waals surface area contributed by atoms with Gasteiger partial charge in [0, 0.05) is 12.4 Å². The Morgan fingerprint density at radius 1 is 1.31 bits per heavy atom. The number of nitrogens with zero attached hydrogens (tertiary/aromatic N) is 2. The number of rotatable bonds is 7. The van der Waals surface area contributed by atoms with E-state index in [-0.39, 0.29) is 12.0 Å². The fraction of sp³-hybridized carbons (Fsp3) is 0.474. The van der Waals surface area contributed by atoms with Gasteiger partial charge in [0.1, 0.15) is 11.6 Å². The molecule has 1 saturated heterocycles. The monoisotopic (exact) mass is 358 g/mol. The minimum absolute atomic E-state index is 0.0156. The van der Waals surface area contributed by atoms with Gasteiger partial charge in [-0.05, 0) is 51.1 Å². The minimum atomic E-state index is -0.640. The van der Waals surface area contributed by atoms with Crippen LogP contribution in [0.1, 0.15) is 19.8 Å². The van der Waals surface area contributed by atoms with E-state index in [4.69, 9.17) is 9.47 Å². The zero-order chi connectivity index (χ0) is 18.4. The number of hydrogen-bond acceptors (Lipinski definition) is 5. The van der Waals surface area contributed by atoms with E-state index < -0.39 is 5.54 Å². The van der Waals surface area contributed by atoms with Crippen LogP contribution in [-0.4, -0.2) is 48.5 Å². The highest BCUT2D eigenvalue weighted by Crippen LogP contribution is 2.28. The maximum absolute atomic E-state index is 13.0. The lowest BCUT2D eigenvalue weighted by molar-refractivity contribution is -0.132. The van der Waals surface area contributed by atoms with Crippen molar-refractivity contribution in [2.75, 3.05) is 26.7 Å². The Hall–Kier alpha value is -2.54. The normalized spacial score (nSPS) is 17.3. The summed E-state index contributed by atoms with van der Waals surface area (Å²) in [6.45, 7) is 3.92. The third-order valence-corrected chi connectivity index (χ3v) is 4.74. The van der Waals surface area contributed by atoms with E-state index in [1.807, 2.05) is 43.5 Å². The zero-order valence-electron chi connectivity index (χ0n) is 15.3. The number of carbonyl (C=O) groups is 1. The van der Waals surface area contributed by atoms with Crippen molar-refractivity contribution < 1.29 is 14.3 Å². The van der Waals surface area contributed by atoms with Gasteiger partial charge in [-0.2, -0.15) is 5.10 Å². The van der Waals surface area contributed by atoms with E-state index >= 15 is 0 Å². The van der Waals surface area contributed by atoms with Crippen LogP contribution < -0.4 is 20.1 Å². The van der Waals surface area contributed by atoms with E-state index in [2.05, 4.69) is 15.7 Å². The van der Waals surface area contributed by atoms with Crippen molar-refractivity contribution >= 4 is 5.91 Å². The lowest BCUT2D eigenvalue weighted by Gasteiger charge is -2.36. The average molecular weight is 358 g/mol. The molecule has 1 fully saturated rings. The van der Waals surface area contributed by atoms with Gasteiger partial charge in [-0.15, -0.1) is 0 Å². The average Bonchev–Trinajstić information content (AvgIpc) is 3.22. The van der Waals surface area contributed by atoms with Crippen molar-refractivity contribution in [3.63, 3.8) is 0 Å². The third-order valence-electron chi connectivity index (χ3n) is 4.74. The molecule has 0 aliphatic carbocycles. The molecule has 1 aliphatic heterocycles. The van der Waals surface area contributed by atoms with Crippen LogP contribution in [0.5, 0.6) is 11.5 Å². The Bertz CT molecular complexity index is 711. The molecule has 1 aromatic heterocycles. The Morgan fingerprint density at radius 3 is 2.69 bits per heavy atom. The molecule has 2 aromatic rings. The summed E-state index contributed by atoms with van der Waals surface area (Å²) in [4.78, 5) is 13.0. The quantitative estimate of drug-likeness (QED) is 0.785. The molecule has 0 spiro atoms. The van der Waals surface area contributed by atoms with Crippen LogP contribution in [0.2, 0.25) is 0 Å². The number of carbonyl (C=O) groups excluding carboxylic acids is 1. The minimum Gasteiger partial charge on any atom is -0.493 e. The molecule has 26 heavy (non-hydrogen) atoms. The number of methoxy groups -OCH3 is 1. The lowest BCUT2D eigenvalue weighted by atomic mass is 9.87. The third kappa shape index (κ3) is 3.83. The van der Waals surface area contributed by atoms with Crippen molar-refractivity contribution in [3.8, 4) is 11.5 Å². The molecule has 1 aliphatic rings. The summed E-state index contributed by atoms with van der Waals surface area (Å²) in [5, 5.41) is 10.7. The molecule has 3 rings (SSSR count). The molecule has 1 amide bonds. The van der Waals surface area contributed by atoms with Crippen LogP contribution in [0.4, 0.5) is 0 Å². The van der Waals surface area contributed by atoms with Crippen molar-refractivity contribution in [3.05, 3.63) is 42.7 Å². The highest BCUT2D eigenvalue weighted by atomic mass is 16.5. The predicted octanol–water partition coefficient (Wildman–Crippen LogP) is 1.55. The maximum Gasteiger partial charge on any atom is 0.248 e. The van der Waals surface area contributed by atoms with E-state index in [0.29, 0.717) is 30.9 Å². The van der Waals surface area contributed by atoms with Crippen LogP contribution in [0.25, 0.3) is 0 Å². The zero-order valence-corrected chi connectivity index (χ0v) is 15.3. The molecular formula is C19H26N4O3. The van der Waals surface area contributed by atoms with Crippen LogP contribution >= 0.6 is 0 Å². The topological polar surface area (TPSA) is 77.4 Å². The largest absolute Gasteiger partial charge is 0.493 e. The van der Waals surface area contributed by atoms with Crippen LogP contribution in [0.3, 0.4) is 0 Å². The molecule has 1 atom stereocenters. The molecule has 2 N–H and O–H groups in total. The predicted molar refractivity (Wildman–Crippen MR) is 98.4 cm³/mol. The summed E-state index contributed by atoms with van der Waals surface area (Å²) in [7, 11) is 1.61.